The number of halogens is 1. The number of rotatable bonds is 4. The van der Waals surface area contributed by atoms with Crippen LogP contribution in [0.2, 0.25) is 0 Å². The van der Waals surface area contributed by atoms with Crippen LogP contribution in [-0.4, -0.2) is 11.8 Å². The molecular weight excluding hydrogens is 344 g/mol. The Morgan fingerprint density at radius 2 is 1.77 bits per heavy atom. The molecule has 2 amide bonds. The molecule has 0 fully saturated rings. The Balaban J connectivity index is 2.03. The van der Waals surface area contributed by atoms with Gasteiger partial charge >= 0.3 is 0 Å². The van der Waals surface area contributed by atoms with Gasteiger partial charge in [-0.15, -0.1) is 0 Å². The maximum Gasteiger partial charge on any atom is 0.255 e. The zero-order valence-electron chi connectivity index (χ0n) is 12.4. The van der Waals surface area contributed by atoms with E-state index in [1.54, 1.807) is 12.1 Å². The van der Waals surface area contributed by atoms with Crippen LogP contribution in [0.1, 0.15) is 28.4 Å². The third-order valence-electron chi connectivity index (χ3n) is 3.19. The van der Waals surface area contributed by atoms with Crippen molar-refractivity contribution in [2.24, 2.45) is 0 Å². The molecule has 0 unspecified atom stereocenters. The van der Waals surface area contributed by atoms with Crippen molar-refractivity contribution in [1.29, 1.82) is 0 Å². The van der Waals surface area contributed by atoms with Crippen molar-refractivity contribution in [2.45, 2.75) is 20.4 Å². The predicted molar refractivity (Wildman–Crippen MR) is 90.8 cm³/mol. The Morgan fingerprint density at radius 3 is 2.36 bits per heavy atom. The van der Waals surface area contributed by atoms with Crippen LogP contribution in [0.3, 0.4) is 0 Å². The van der Waals surface area contributed by atoms with E-state index in [9.17, 15) is 9.59 Å². The predicted octanol–water partition coefficient (Wildman–Crippen LogP) is 3.65. The van der Waals surface area contributed by atoms with Gasteiger partial charge in [0.25, 0.3) is 5.91 Å². The molecule has 22 heavy (non-hydrogen) atoms. The summed E-state index contributed by atoms with van der Waals surface area (Å²) in [7, 11) is 0. The molecule has 5 heteroatoms. The SMILES string of the molecule is CC(=O)NCc1ccc(C(=O)Nc2ccc(C)c(Br)c2)cc1. The summed E-state index contributed by atoms with van der Waals surface area (Å²) in [5, 5.41) is 5.57. The van der Waals surface area contributed by atoms with E-state index < -0.39 is 0 Å². The van der Waals surface area contributed by atoms with E-state index in [0.717, 1.165) is 21.3 Å². The van der Waals surface area contributed by atoms with Gasteiger partial charge in [0.15, 0.2) is 0 Å². The fourth-order valence-electron chi connectivity index (χ4n) is 1.87. The van der Waals surface area contributed by atoms with Crippen molar-refractivity contribution in [1.82, 2.24) is 5.32 Å². The lowest BCUT2D eigenvalue weighted by molar-refractivity contribution is -0.119. The number of nitrogens with one attached hydrogen (secondary N) is 2. The third-order valence-corrected chi connectivity index (χ3v) is 4.04. The number of amides is 2. The lowest BCUT2D eigenvalue weighted by Gasteiger charge is -2.08. The smallest absolute Gasteiger partial charge is 0.255 e. The molecule has 2 rings (SSSR count). The average Bonchev–Trinajstić information content (AvgIpc) is 2.49. The molecule has 0 atom stereocenters. The van der Waals surface area contributed by atoms with Gasteiger partial charge in [-0.2, -0.15) is 0 Å². The van der Waals surface area contributed by atoms with Gasteiger partial charge in [0.1, 0.15) is 0 Å². The lowest BCUT2D eigenvalue weighted by atomic mass is 10.1. The van der Waals surface area contributed by atoms with Gasteiger partial charge in [-0.3, -0.25) is 9.59 Å². The van der Waals surface area contributed by atoms with Gasteiger partial charge in [0.2, 0.25) is 5.91 Å². The molecule has 2 aromatic carbocycles. The Hall–Kier alpha value is -2.14. The number of hydrogen-bond acceptors (Lipinski definition) is 2. The van der Waals surface area contributed by atoms with Gasteiger partial charge in [-0.1, -0.05) is 34.1 Å². The van der Waals surface area contributed by atoms with E-state index >= 15 is 0 Å². The van der Waals surface area contributed by atoms with E-state index in [1.807, 2.05) is 37.3 Å². The highest BCUT2D eigenvalue weighted by atomic mass is 79.9. The standard InChI is InChI=1S/C17H17BrN2O2/c1-11-3-8-15(9-16(11)18)20-17(22)14-6-4-13(5-7-14)10-19-12(2)21/h3-9H,10H2,1-2H3,(H,19,21)(H,20,22). The van der Waals surface area contributed by atoms with E-state index in [-0.39, 0.29) is 11.8 Å². The minimum Gasteiger partial charge on any atom is -0.352 e. The monoisotopic (exact) mass is 360 g/mol. The van der Waals surface area contributed by atoms with Crippen molar-refractivity contribution in [3.8, 4) is 0 Å². The molecule has 0 saturated carbocycles. The summed E-state index contributed by atoms with van der Waals surface area (Å²) in [6, 6.07) is 12.8. The van der Waals surface area contributed by atoms with Gasteiger partial charge in [-0.25, -0.2) is 0 Å². The minimum absolute atomic E-state index is 0.0771. The fourth-order valence-corrected chi connectivity index (χ4v) is 2.25. The Kier molecular flexibility index (Phi) is 5.33. The number of hydrogen-bond donors (Lipinski definition) is 2. The summed E-state index contributed by atoms with van der Waals surface area (Å²) in [5.74, 6) is -0.242. The molecule has 0 bridgehead atoms. The lowest BCUT2D eigenvalue weighted by Crippen LogP contribution is -2.19. The largest absolute Gasteiger partial charge is 0.352 e. The van der Waals surface area contributed by atoms with Crippen LogP contribution in [0, 0.1) is 6.92 Å². The van der Waals surface area contributed by atoms with Crippen LogP contribution < -0.4 is 10.6 Å². The van der Waals surface area contributed by atoms with E-state index in [1.165, 1.54) is 6.92 Å². The molecule has 0 radical (unpaired) electrons. The Labute approximate surface area is 138 Å². The summed E-state index contributed by atoms with van der Waals surface area (Å²) in [4.78, 5) is 23.1. The molecule has 0 aliphatic rings. The maximum absolute atomic E-state index is 12.2. The Morgan fingerprint density at radius 1 is 1.09 bits per heavy atom. The van der Waals surface area contributed by atoms with Gasteiger partial charge < -0.3 is 10.6 Å². The van der Waals surface area contributed by atoms with E-state index in [4.69, 9.17) is 0 Å². The van der Waals surface area contributed by atoms with Crippen LogP contribution in [0.15, 0.2) is 46.9 Å². The molecule has 0 saturated heterocycles. The van der Waals surface area contributed by atoms with Gasteiger partial charge in [0.05, 0.1) is 0 Å². The molecule has 2 N–H and O–H groups in total. The Bertz CT molecular complexity index is 696. The normalized spacial score (nSPS) is 10.1. The minimum atomic E-state index is -0.165. The van der Waals surface area contributed by atoms with Crippen molar-refractivity contribution >= 4 is 33.4 Å². The maximum atomic E-state index is 12.2. The first-order chi connectivity index (χ1) is 10.5. The summed E-state index contributed by atoms with van der Waals surface area (Å²) >= 11 is 3.44. The second-order valence-corrected chi connectivity index (χ2v) is 5.88. The highest BCUT2D eigenvalue weighted by Gasteiger charge is 2.07. The number of carbonyl (C=O) groups excluding carboxylic acids is 2. The van der Waals surface area contributed by atoms with Crippen LogP contribution >= 0.6 is 15.9 Å². The van der Waals surface area contributed by atoms with Crippen LogP contribution in [0.25, 0.3) is 0 Å². The zero-order valence-corrected chi connectivity index (χ0v) is 14.0. The molecule has 0 aliphatic heterocycles. The van der Waals surface area contributed by atoms with E-state index in [2.05, 4.69) is 26.6 Å². The molecule has 114 valence electrons. The number of anilines is 1. The highest BCUT2D eigenvalue weighted by Crippen LogP contribution is 2.21. The molecule has 0 spiro atoms. The van der Waals surface area contributed by atoms with Crippen LogP contribution in [-0.2, 0) is 11.3 Å². The topological polar surface area (TPSA) is 58.2 Å². The first kappa shape index (κ1) is 16.2. The second kappa shape index (κ2) is 7.22. The summed E-state index contributed by atoms with van der Waals surface area (Å²) < 4.78 is 0.955. The van der Waals surface area contributed by atoms with Crippen LogP contribution in [0.4, 0.5) is 5.69 Å². The van der Waals surface area contributed by atoms with Crippen molar-refractivity contribution in [3.05, 3.63) is 63.6 Å². The van der Waals surface area contributed by atoms with Crippen molar-refractivity contribution < 1.29 is 9.59 Å². The molecule has 0 aliphatic carbocycles. The number of benzene rings is 2. The average molecular weight is 361 g/mol. The number of aryl methyl sites for hydroxylation is 1. The quantitative estimate of drug-likeness (QED) is 0.874. The summed E-state index contributed by atoms with van der Waals surface area (Å²) in [6.45, 7) is 3.92. The summed E-state index contributed by atoms with van der Waals surface area (Å²) in [5.41, 5.74) is 3.37. The summed E-state index contributed by atoms with van der Waals surface area (Å²) in [6.07, 6.45) is 0. The molecule has 2 aromatic rings. The molecule has 0 heterocycles. The molecule has 0 aromatic heterocycles. The zero-order chi connectivity index (χ0) is 16.1. The van der Waals surface area contributed by atoms with Gasteiger partial charge in [0, 0.05) is 29.2 Å². The number of carbonyl (C=O) groups is 2. The van der Waals surface area contributed by atoms with Crippen LogP contribution in [0.5, 0.6) is 0 Å². The van der Waals surface area contributed by atoms with E-state index in [0.29, 0.717) is 12.1 Å². The van der Waals surface area contributed by atoms with Crippen molar-refractivity contribution in [2.75, 3.05) is 5.32 Å². The first-order valence-corrected chi connectivity index (χ1v) is 7.66. The first-order valence-electron chi connectivity index (χ1n) is 6.86. The van der Waals surface area contributed by atoms with Crippen molar-refractivity contribution in [3.63, 3.8) is 0 Å². The highest BCUT2D eigenvalue weighted by molar-refractivity contribution is 9.10. The van der Waals surface area contributed by atoms with Gasteiger partial charge in [-0.05, 0) is 42.3 Å². The fraction of sp³-hybridized carbons (Fsp3) is 0.176. The second-order valence-electron chi connectivity index (χ2n) is 5.02. The third kappa shape index (κ3) is 4.43. The molecular formula is C17H17BrN2O2. The molecule has 4 nitrogen and oxygen atoms in total.